The van der Waals surface area contributed by atoms with Crippen molar-refractivity contribution in [1.82, 2.24) is 10.2 Å². The van der Waals surface area contributed by atoms with Crippen LogP contribution in [0.3, 0.4) is 0 Å². The van der Waals surface area contributed by atoms with Crippen molar-refractivity contribution in [3.8, 4) is 0 Å². The highest BCUT2D eigenvalue weighted by molar-refractivity contribution is 4.93. The van der Waals surface area contributed by atoms with E-state index in [4.69, 9.17) is 4.74 Å². The summed E-state index contributed by atoms with van der Waals surface area (Å²) in [6.07, 6.45) is 11.7. The number of nitrogens with one attached hydrogen (secondary N) is 1. The first-order valence-corrected chi connectivity index (χ1v) is 9.19. The number of nitrogens with zero attached hydrogens (tertiary/aromatic N) is 1. The molecule has 0 bridgehead atoms. The molecule has 1 heterocycles. The average molecular weight is 294 g/mol. The molecule has 0 aromatic carbocycles. The van der Waals surface area contributed by atoms with E-state index in [0.717, 1.165) is 18.5 Å². The van der Waals surface area contributed by atoms with Crippen LogP contribution in [0.1, 0.15) is 58.3 Å². The van der Waals surface area contributed by atoms with Crippen molar-refractivity contribution in [3.63, 3.8) is 0 Å². The average Bonchev–Trinajstić information content (AvgIpc) is 3.33. The molecule has 122 valence electrons. The summed E-state index contributed by atoms with van der Waals surface area (Å²) in [4.78, 5) is 2.70. The highest BCUT2D eigenvalue weighted by Gasteiger charge is 2.37. The van der Waals surface area contributed by atoms with E-state index in [1.807, 2.05) is 7.11 Å². The van der Waals surface area contributed by atoms with E-state index in [1.54, 1.807) is 0 Å². The second kappa shape index (κ2) is 6.97. The van der Waals surface area contributed by atoms with Crippen LogP contribution in [0.5, 0.6) is 0 Å². The van der Waals surface area contributed by atoms with Gasteiger partial charge < -0.3 is 15.0 Å². The number of likely N-dealkylation sites (tertiary alicyclic amines) is 1. The summed E-state index contributed by atoms with van der Waals surface area (Å²) in [5.41, 5.74) is 0.541. The normalized spacial score (nSPS) is 34.0. The second-order valence-corrected chi connectivity index (χ2v) is 7.99. The van der Waals surface area contributed by atoms with Gasteiger partial charge in [-0.3, -0.25) is 0 Å². The predicted molar refractivity (Wildman–Crippen MR) is 87.6 cm³/mol. The maximum absolute atomic E-state index is 5.71. The Bertz CT molecular complexity index is 323. The molecule has 1 N–H and O–H groups in total. The minimum atomic E-state index is 0.441. The van der Waals surface area contributed by atoms with Gasteiger partial charge in [-0.05, 0) is 50.0 Å². The summed E-state index contributed by atoms with van der Waals surface area (Å²) < 4.78 is 5.71. The van der Waals surface area contributed by atoms with E-state index >= 15 is 0 Å². The van der Waals surface area contributed by atoms with Crippen LogP contribution in [0.4, 0.5) is 0 Å². The fourth-order valence-corrected chi connectivity index (χ4v) is 4.36. The minimum Gasteiger partial charge on any atom is -0.380 e. The molecule has 0 amide bonds. The number of hydrogen-bond acceptors (Lipinski definition) is 3. The van der Waals surface area contributed by atoms with Gasteiger partial charge in [-0.15, -0.1) is 0 Å². The summed E-state index contributed by atoms with van der Waals surface area (Å²) >= 11 is 0. The molecule has 0 radical (unpaired) electrons. The fraction of sp³-hybridized carbons (Fsp3) is 1.00. The Hall–Kier alpha value is -0.120. The lowest BCUT2D eigenvalue weighted by Crippen LogP contribution is -2.51. The van der Waals surface area contributed by atoms with Gasteiger partial charge >= 0.3 is 0 Å². The monoisotopic (exact) mass is 294 g/mol. The molecular weight excluding hydrogens is 260 g/mol. The van der Waals surface area contributed by atoms with E-state index in [1.165, 1.54) is 71.0 Å². The van der Waals surface area contributed by atoms with Gasteiger partial charge in [-0.25, -0.2) is 0 Å². The van der Waals surface area contributed by atoms with Crippen LogP contribution < -0.4 is 5.32 Å². The molecule has 3 heteroatoms. The van der Waals surface area contributed by atoms with Crippen molar-refractivity contribution in [1.29, 1.82) is 0 Å². The lowest BCUT2D eigenvalue weighted by Gasteiger charge is -2.45. The summed E-state index contributed by atoms with van der Waals surface area (Å²) in [7, 11) is 1.88. The number of piperidine rings is 1. The topological polar surface area (TPSA) is 24.5 Å². The third kappa shape index (κ3) is 4.20. The van der Waals surface area contributed by atoms with Crippen molar-refractivity contribution >= 4 is 0 Å². The molecule has 3 nitrogen and oxygen atoms in total. The van der Waals surface area contributed by atoms with E-state index in [0.29, 0.717) is 11.5 Å². The molecule has 21 heavy (non-hydrogen) atoms. The van der Waals surface area contributed by atoms with E-state index < -0.39 is 0 Å². The van der Waals surface area contributed by atoms with Gasteiger partial charge in [0.15, 0.2) is 0 Å². The summed E-state index contributed by atoms with van der Waals surface area (Å²) in [6.45, 7) is 7.30. The lowest BCUT2D eigenvalue weighted by molar-refractivity contribution is -0.0228. The van der Waals surface area contributed by atoms with Crippen LogP contribution >= 0.6 is 0 Å². The van der Waals surface area contributed by atoms with Crippen molar-refractivity contribution in [2.45, 2.75) is 70.4 Å². The molecule has 1 aliphatic heterocycles. The van der Waals surface area contributed by atoms with Gasteiger partial charge in [0.2, 0.25) is 0 Å². The second-order valence-electron chi connectivity index (χ2n) is 7.99. The number of methoxy groups -OCH3 is 1. The van der Waals surface area contributed by atoms with Crippen molar-refractivity contribution in [2.75, 3.05) is 33.3 Å². The maximum Gasteiger partial charge on any atom is 0.0724 e. The summed E-state index contributed by atoms with van der Waals surface area (Å²) in [6, 6.07) is 0.844. The van der Waals surface area contributed by atoms with Crippen LogP contribution in [0.25, 0.3) is 0 Å². The van der Waals surface area contributed by atoms with Gasteiger partial charge in [0.25, 0.3) is 0 Å². The standard InChI is InChI=1S/C18H34N2O/c1-15-8-11-20(12-17(15)21-2)14-18(9-4-3-5-10-18)13-19-16-6-7-16/h15-17,19H,3-14H2,1-2H3. The SMILES string of the molecule is COC1CN(CC2(CNC3CC3)CCCCC2)CCC1C. The Morgan fingerprint density at radius 1 is 1.14 bits per heavy atom. The van der Waals surface area contributed by atoms with Crippen LogP contribution in [0.2, 0.25) is 0 Å². The fourth-order valence-electron chi connectivity index (χ4n) is 4.36. The molecule has 2 unspecified atom stereocenters. The number of rotatable bonds is 6. The van der Waals surface area contributed by atoms with Crippen LogP contribution in [0, 0.1) is 11.3 Å². The highest BCUT2D eigenvalue weighted by atomic mass is 16.5. The van der Waals surface area contributed by atoms with Gasteiger partial charge in [0.05, 0.1) is 6.10 Å². The van der Waals surface area contributed by atoms with E-state index in [-0.39, 0.29) is 0 Å². The molecule has 3 aliphatic rings. The molecule has 3 rings (SSSR count). The molecule has 0 aromatic heterocycles. The third-order valence-electron chi connectivity index (χ3n) is 6.09. The van der Waals surface area contributed by atoms with Gasteiger partial charge in [-0.1, -0.05) is 26.2 Å². The van der Waals surface area contributed by atoms with Crippen LogP contribution in [-0.4, -0.2) is 50.3 Å². The Kier molecular flexibility index (Phi) is 5.23. The molecule has 0 spiro atoms. The molecule has 3 fully saturated rings. The molecule has 1 saturated heterocycles. The molecule has 2 aliphatic carbocycles. The zero-order valence-electron chi connectivity index (χ0n) is 14.1. The van der Waals surface area contributed by atoms with Gasteiger partial charge in [0.1, 0.15) is 0 Å². The first-order chi connectivity index (χ1) is 10.2. The number of ether oxygens (including phenoxy) is 1. The molecule has 0 aromatic rings. The van der Waals surface area contributed by atoms with E-state index in [9.17, 15) is 0 Å². The number of hydrogen-bond donors (Lipinski definition) is 1. The van der Waals surface area contributed by atoms with Gasteiger partial charge in [0, 0.05) is 32.8 Å². The van der Waals surface area contributed by atoms with Gasteiger partial charge in [-0.2, -0.15) is 0 Å². The zero-order chi connectivity index (χ0) is 14.7. The van der Waals surface area contributed by atoms with Crippen LogP contribution in [0.15, 0.2) is 0 Å². The van der Waals surface area contributed by atoms with Crippen molar-refractivity contribution < 1.29 is 4.74 Å². The first-order valence-electron chi connectivity index (χ1n) is 9.19. The quantitative estimate of drug-likeness (QED) is 0.815. The van der Waals surface area contributed by atoms with Crippen molar-refractivity contribution in [3.05, 3.63) is 0 Å². The van der Waals surface area contributed by atoms with E-state index in [2.05, 4.69) is 17.1 Å². The highest BCUT2D eigenvalue weighted by Crippen LogP contribution is 2.38. The largest absolute Gasteiger partial charge is 0.380 e. The first kappa shape index (κ1) is 15.8. The smallest absolute Gasteiger partial charge is 0.0724 e. The lowest BCUT2D eigenvalue weighted by atomic mass is 9.73. The molecule has 2 saturated carbocycles. The summed E-state index contributed by atoms with van der Waals surface area (Å²) in [5, 5.41) is 3.83. The Morgan fingerprint density at radius 3 is 2.57 bits per heavy atom. The Balaban J connectivity index is 1.57. The minimum absolute atomic E-state index is 0.441. The van der Waals surface area contributed by atoms with Crippen LogP contribution in [-0.2, 0) is 4.74 Å². The zero-order valence-corrected chi connectivity index (χ0v) is 14.1. The summed E-state index contributed by atoms with van der Waals surface area (Å²) in [5.74, 6) is 0.721. The molecular formula is C18H34N2O. The predicted octanol–water partition coefficient (Wildman–Crippen LogP) is 3.05. The Labute approximate surface area is 130 Å². The van der Waals surface area contributed by atoms with Crippen molar-refractivity contribution in [2.24, 2.45) is 11.3 Å². The third-order valence-corrected chi connectivity index (χ3v) is 6.09. The molecule has 2 atom stereocenters. The Morgan fingerprint density at radius 2 is 1.90 bits per heavy atom. The maximum atomic E-state index is 5.71.